The van der Waals surface area contributed by atoms with Gasteiger partial charge in [-0.25, -0.2) is 13.8 Å². The van der Waals surface area contributed by atoms with Crippen molar-refractivity contribution in [1.82, 2.24) is 5.01 Å². The molecule has 7 nitrogen and oxygen atoms in total. The van der Waals surface area contributed by atoms with E-state index in [0.29, 0.717) is 28.7 Å². The molecule has 2 unspecified atom stereocenters. The van der Waals surface area contributed by atoms with Gasteiger partial charge >= 0.3 is 0 Å². The van der Waals surface area contributed by atoms with E-state index in [9.17, 15) is 18.4 Å². The minimum absolute atomic E-state index is 0.0852. The fraction of sp³-hybridized carbons (Fsp3) is 0.185. The number of nitrogens with one attached hydrogen (secondary N) is 1. The first kappa shape index (κ1) is 24.6. The van der Waals surface area contributed by atoms with E-state index in [1.807, 2.05) is 0 Å². The third-order valence-electron chi connectivity index (χ3n) is 6.02. The maximum atomic E-state index is 13.6. The molecule has 1 N–H and O–H groups in total. The van der Waals surface area contributed by atoms with E-state index in [-0.39, 0.29) is 30.0 Å². The summed E-state index contributed by atoms with van der Waals surface area (Å²) in [4.78, 5) is 29.7. The first-order valence-electron chi connectivity index (χ1n) is 11.5. The summed E-state index contributed by atoms with van der Waals surface area (Å²) in [7, 11) is 1.51. The number of carbonyl (C=O) groups is 2. The summed E-state index contributed by atoms with van der Waals surface area (Å²) in [5, 5.41) is 8.75. The molecule has 0 saturated heterocycles. The van der Waals surface area contributed by atoms with Crippen molar-refractivity contribution in [2.45, 2.75) is 24.1 Å². The Hall–Kier alpha value is -4.05. The van der Waals surface area contributed by atoms with Crippen LogP contribution < -0.4 is 10.1 Å². The number of anilines is 1. The van der Waals surface area contributed by atoms with E-state index < -0.39 is 11.2 Å². The van der Waals surface area contributed by atoms with Gasteiger partial charge in [-0.15, -0.1) is 0 Å². The number of rotatable bonds is 6. The number of hydrogen-bond acceptors (Lipinski definition) is 6. The maximum Gasteiger partial charge on any atom is 0.262 e. The molecule has 0 radical (unpaired) electrons. The van der Waals surface area contributed by atoms with Gasteiger partial charge in [0.05, 0.1) is 24.6 Å². The maximum absolute atomic E-state index is 13.6. The SMILES string of the molecule is COc1ccccc1NC(=O)CC1SC(N2N=C(c3ccc(F)cc3)CC2c2ccc(F)cc2)=NC1=O. The van der Waals surface area contributed by atoms with E-state index in [2.05, 4.69) is 10.3 Å². The molecule has 0 fully saturated rings. The number of hydrogen-bond donors (Lipinski definition) is 1. The summed E-state index contributed by atoms with van der Waals surface area (Å²) in [6.07, 6.45) is 0.363. The number of methoxy groups -OCH3 is 1. The van der Waals surface area contributed by atoms with Gasteiger partial charge in [0.2, 0.25) is 5.91 Å². The first-order chi connectivity index (χ1) is 17.9. The second-order valence-electron chi connectivity index (χ2n) is 8.46. The molecule has 0 saturated carbocycles. The van der Waals surface area contributed by atoms with Gasteiger partial charge < -0.3 is 10.1 Å². The van der Waals surface area contributed by atoms with Gasteiger partial charge in [0, 0.05) is 12.8 Å². The third kappa shape index (κ3) is 5.39. The summed E-state index contributed by atoms with van der Waals surface area (Å²) >= 11 is 1.16. The first-order valence-corrected chi connectivity index (χ1v) is 12.4. The topological polar surface area (TPSA) is 83.4 Å². The Kier molecular flexibility index (Phi) is 7.00. The molecule has 0 bridgehead atoms. The van der Waals surface area contributed by atoms with Crippen LogP contribution in [0, 0.1) is 11.6 Å². The molecular formula is C27H22F2N4O3S. The quantitative estimate of drug-likeness (QED) is 0.486. The average Bonchev–Trinajstić information content (AvgIpc) is 3.49. The van der Waals surface area contributed by atoms with Crippen LogP contribution in [-0.2, 0) is 9.59 Å². The molecule has 10 heteroatoms. The number of ether oxygens (including phenoxy) is 1. The third-order valence-corrected chi connectivity index (χ3v) is 7.16. The van der Waals surface area contributed by atoms with Crippen LogP contribution in [0.1, 0.15) is 30.0 Å². The number of benzene rings is 3. The van der Waals surface area contributed by atoms with E-state index in [4.69, 9.17) is 9.84 Å². The van der Waals surface area contributed by atoms with Crippen LogP contribution in [0.4, 0.5) is 14.5 Å². The van der Waals surface area contributed by atoms with E-state index in [1.165, 1.54) is 31.4 Å². The highest BCUT2D eigenvalue weighted by Gasteiger charge is 2.39. The number of para-hydroxylation sites is 2. The van der Waals surface area contributed by atoms with Crippen molar-refractivity contribution in [3.8, 4) is 5.75 Å². The van der Waals surface area contributed by atoms with Crippen LogP contribution in [-0.4, -0.2) is 40.1 Å². The number of hydrazone groups is 1. The second-order valence-corrected chi connectivity index (χ2v) is 9.63. The monoisotopic (exact) mass is 520 g/mol. The number of amides is 2. The van der Waals surface area contributed by atoms with Gasteiger partial charge in [-0.3, -0.25) is 9.59 Å². The summed E-state index contributed by atoms with van der Waals surface area (Å²) in [5.41, 5.74) is 2.72. The molecule has 2 amide bonds. The molecule has 0 aliphatic carbocycles. The Morgan fingerprint density at radius 2 is 1.73 bits per heavy atom. The van der Waals surface area contributed by atoms with Gasteiger partial charge in [0.15, 0.2) is 5.17 Å². The summed E-state index contributed by atoms with van der Waals surface area (Å²) < 4.78 is 32.3. The molecule has 0 spiro atoms. The lowest BCUT2D eigenvalue weighted by Gasteiger charge is -2.23. The fourth-order valence-electron chi connectivity index (χ4n) is 4.17. The normalized spacial score (nSPS) is 19.0. The molecule has 2 aliphatic heterocycles. The Labute approximate surface area is 216 Å². The van der Waals surface area contributed by atoms with Crippen molar-refractivity contribution >= 4 is 40.1 Å². The van der Waals surface area contributed by atoms with Gasteiger partial charge in [-0.1, -0.05) is 48.2 Å². The molecular weight excluding hydrogens is 498 g/mol. The number of carbonyl (C=O) groups excluding carboxylic acids is 2. The van der Waals surface area contributed by atoms with Crippen molar-refractivity contribution < 1.29 is 23.1 Å². The van der Waals surface area contributed by atoms with E-state index in [0.717, 1.165) is 22.9 Å². The lowest BCUT2D eigenvalue weighted by atomic mass is 9.98. The van der Waals surface area contributed by atoms with Crippen LogP contribution in [0.25, 0.3) is 0 Å². The van der Waals surface area contributed by atoms with Crippen LogP contribution in [0.15, 0.2) is 82.9 Å². The number of aliphatic imine (C=N–C) groups is 1. The zero-order valence-electron chi connectivity index (χ0n) is 19.7. The minimum atomic E-state index is -0.719. The molecule has 2 aliphatic rings. The number of halogens is 2. The van der Waals surface area contributed by atoms with Crippen molar-refractivity contribution in [2.24, 2.45) is 10.1 Å². The van der Waals surface area contributed by atoms with Gasteiger partial charge in [0.1, 0.15) is 22.6 Å². The standard InChI is InChI=1S/C27H22F2N4O3S/c1-36-23-5-3-2-4-20(23)30-25(34)15-24-26(35)31-27(37-24)33-22(17-8-12-19(29)13-9-17)14-21(32-33)16-6-10-18(28)11-7-16/h2-13,22,24H,14-15H2,1H3,(H,30,34). The molecule has 2 heterocycles. The highest BCUT2D eigenvalue weighted by Crippen LogP contribution is 2.38. The molecule has 37 heavy (non-hydrogen) atoms. The second kappa shape index (κ2) is 10.5. The summed E-state index contributed by atoms with van der Waals surface area (Å²) in [6, 6.07) is 18.7. The Morgan fingerprint density at radius 3 is 2.43 bits per heavy atom. The molecule has 3 aromatic carbocycles. The predicted octanol–water partition coefficient (Wildman–Crippen LogP) is 5.15. The Balaban J connectivity index is 1.35. The fourth-order valence-corrected chi connectivity index (χ4v) is 5.23. The summed E-state index contributed by atoms with van der Waals surface area (Å²) in [6.45, 7) is 0. The molecule has 0 aromatic heterocycles. The molecule has 5 rings (SSSR count). The zero-order valence-corrected chi connectivity index (χ0v) is 20.5. The van der Waals surface area contributed by atoms with Crippen LogP contribution in [0.2, 0.25) is 0 Å². The highest BCUT2D eigenvalue weighted by atomic mass is 32.2. The van der Waals surface area contributed by atoms with Gasteiger partial charge in [-0.05, 0) is 47.5 Å². The van der Waals surface area contributed by atoms with Crippen molar-refractivity contribution in [3.05, 3.63) is 95.6 Å². The Morgan fingerprint density at radius 1 is 1.05 bits per heavy atom. The van der Waals surface area contributed by atoms with E-state index >= 15 is 0 Å². The van der Waals surface area contributed by atoms with Crippen molar-refractivity contribution in [2.75, 3.05) is 12.4 Å². The van der Waals surface area contributed by atoms with Crippen LogP contribution in [0.3, 0.4) is 0 Å². The highest BCUT2D eigenvalue weighted by molar-refractivity contribution is 8.15. The smallest absolute Gasteiger partial charge is 0.262 e. The van der Waals surface area contributed by atoms with Gasteiger partial charge in [-0.2, -0.15) is 10.1 Å². The average molecular weight is 521 g/mol. The number of nitrogens with zero attached hydrogens (tertiary/aromatic N) is 3. The molecule has 188 valence electrons. The Bertz CT molecular complexity index is 1390. The number of thioether (sulfide) groups is 1. The summed E-state index contributed by atoms with van der Waals surface area (Å²) in [5.74, 6) is -0.987. The predicted molar refractivity (Wildman–Crippen MR) is 139 cm³/mol. The minimum Gasteiger partial charge on any atom is -0.495 e. The number of amidine groups is 1. The molecule has 2 atom stereocenters. The van der Waals surface area contributed by atoms with Crippen molar-refractivity contribution in [1.29, 1.82) is 0 Å². The van der Waals surface area contributed by atoms with Crippen LogP contribution >= 0.6 is 11.8 Å². The largest absolute Gasteiger partial charge is 0.495 e. The molecule has 3 aromatic rings. The van der Waals surface area contributed by atoms with Crippen LogP contribution in [0.5, 0.6) is 5.75 Å². The van der Waals surface area contributed by atoms with Gasteiger partial charge in [0.25, 0.3) is 5.91 Å². The van der Waals surface area contributed by atoms with Crippen molar-refractivity contribution in [3.63, 3.8) is 0 Å². The lowest BCUT2D eigenvalue weighted by Crippen LogP contribution is -2.25. The zero-order chi connectivity index (χ0) is 25.9. The van der Waals surface area contributed by atoms with E-state index in [1.54, 1.807) is 53.5 Å². The lowest BCUT2D eigenvalue weighted by molar-refractivity contribution is -0.121.